The molecule has 1 aliphatic heterocycles. The summed E-state index contributed by atoms with van der Waals surface area (Å²) in [7, 11) is 0. The molecule has 0 aromatic rings. The molecule has 1 saturated heterocycles. The minimum atomic E-state index is -0.0631. The van der Waals surface area contributed by atoms with Gasteiger partial charge in [-0.05, 0) is 46.5 Å². The van der Waals surface area contributed by atoms with Crippen molar-refractivity contribution >= 4 is 23.4 Å². The van der Waals surface area contributed by atoms with Gasteiger partial charge in [-0.25, -0.2) is 0 Å². The minimum absolute atomic E-state index is 0.0628. The normalized spacial score (nSPS) is 21.6. The molecule has 6 heteroatoms. The zero-order chi connectivity index (χ0) is 21.8. The average Bonchev–Trinajstić information content (AvgIpc) is 2.78. The SMILES string of the molecule is CC1=C(C)C(=O)C(CCCC(=O)N2CCN(C(=O)C3CCCCC3)CC2)=C(C)C1=O. The van der Waals surface area contributed by atoms with E-state index in [9.17, 15) is 19.2 Å². The summed E-state index contributed by atoms with van der Waals surface area (Å²) in [6.07, 6.45) is 6.89. The molecule has 1 heterocycles. The molecular weight excluding hydrogens is 380 g/mol. The van der Waals surface area contributed by atoms with Crippen LogP contribution in [0.2, 0.25) is 0 Å². The quantitative estimate of drug-likeness (QED) is 0.648. The maximum absolute atomic E-state index is 12.7. The molecule has 2 aliphatic carbocycles. The number of hydrogen-bond acceptors (Lipinski definition) is 4. The van der Waals surface area contributed by atoms with Gasteiger partial charge in [-0.2, -0.15) is 0 Å². The molecule has 1 saturated carbocycles. The van der Waals surface area contributed by atoms with Gasteiger partial charge in [-0.1, -0.05) is 19.3 Å². The highest BCUT2D eigenvalue weighted by Gasteiger charge is 2.30. The van der Waals surface area contributed by atoms with Crippen molar-refractivity contribution in [3.8, 4) is 0 Å². The predicted octanol–water partition coefficient (Wildman–Crippen LogP) is 3.21. The van der Waals surface area contributed by atoms with Gasteiger partial charge in [0.2, 0.25) is 11.8 Å². The summed E-state index contributed by atoms with van der Waals surface area (Å²) in [6, 6.07) is 0. The van der Waals surface area contributed by atoms with Gasteiger partial charge in [0.1, 0.15) is 0 Å². The van der Waals surface area contributed by atoms with Crippen molar-refractivity contribution in [2.45, 2.75) is 72.1 Å². The van der Waals surface area contributed by atoms with Gasteiger partial charge >= 0.3 is 0 Å². The second-order valence-corrected chi connectivity index (χ2v) is 8.91. The van der Waals surface area contributed by atoms with Crippen LogP contribution >= 0.6 is 0 Å². The molecule has 2 amide bonds. The predicted molar refractivity (Wildman–Crippen MR) is 115 cm³/mol. The van der Waals surface area contributed by atoms with E-state index in [-0.39, 0.29) is 29.3 Å². The fourth-order valence-electron chi connectivity index (χ4n) is 4.82. The van der Waals surface area contributed by atoms with E-state index < -0.39 is 0 Å². The second kappa shape index (κ2) is 9.71. The summed E-state index contributed by atoms with van der Waals surface area (Å²) in [6.45, 7) is 7.48. The number of Topliss-reactive ketones (excluding diaryl/α,β-unsaturated/α-hetero) is 2. The molecule has 6 nitrogen and oxygen atoms in total. The van der Waals surface area contributed by atoms with Crippen LogP contribution in [-0.4, -0.2) is 59.4 Å². The monoisotopic (exact) mass is 414 g/mol. The Hall–Kier alpha value is -2.24. The van der Waals surface area contributed by atoms with E-state index in [0.29, 0.717) is 67.7 Å². The van der Waals surface area contributed by atoms with Gasteiger partial charge in [0.15, 0.2) is 11.6 Å². The number of piperazine rings is 1. The fourth-order valence-corrected chi connectivity index (χ4v) is 4.82. The molecular formula is C24H34N2O4. The Morgan fingerprint density at radius 1 is 0.800 bits per heavy atom. The number of hydrogen-bond donors (Lipinski definition) is 0. The molecule has 0 aromatic heterocycles. The fraction of sp³-hybridized carbons (Fsp3) is 0.667. The molecule has 0 atom stereocenters. The van der Waals surface area contributed by atoms with Crippen LogP contribution in [0.15, 0.2) is 22.3 Å². The van der Waals surface area contributed by atoms with Gasteiger partial charge in [0.25, 0.3) is 0 Å². The lowest BCUT2D eigenvalue weighted by molar-refractivity contribution is -0.142. The van der Waals surface area contributed by atoms with E-state index >= 15 is 0 Å². The highest BCUT2D eigenvalue weighted by atomic mass is 16.2. The summed E-state index contributed by atoms with van der Waals surface area (Å²) in [5.74, 6) is 0.382. The van der Waals surface area contributed by atoms with Gasteiger partial charge in [0, 0.05) is 60.8 Å². The van der Waals surface area contributed by atoms with Crippen LogP contribution in [0.4, 0.5) is 0 Å². The van der Waals surface area contributed by atoms with E-state index in [1.54, 1.807) is 20.8 Å². The molecule has 2 fully saturated rings. The Labute approximate surface area is 179 Å². The number of ketones is 2. The first-order chi connectivity index (χ1) is 14.3. The highest BCUT2D eigenvalue weighted by Crippen LogP contribution is 2.28. The maximum Gasteiger partial charge on any atom is 0.225 e. The number of nitrogens with zero attached hydrogens (tertiary/aromatic N) is 2. The average molecular weight is 415 g/mol. The third-order valence-electron chi connectivity index (χ3n) is 7.03. The molecule has 0 N–H and O–H groups in total. The number of carbonyl (C=O) groups is 4. The van der Waals surface area contributed by atoms with Gasteiger partial charge < -0.3 is 9.80 Å². The topological polar surface area (TPSA) is 74.8 Å². The smallest absolute Gasteiger partial charge is 0.225 e. The van der Waals surface area contributed by atoms with Crippen molar-refractivity contribution in [3.63, 3.8) is 0 Å². The first-order valence-corrected chi connectivity index (χ1v) is 11.3. The third kappa shape index (κ3) is 4.73. The molecule has 0 unspecified atom stereocenters. The van der Waals surface area contributed by atoms with Crippen molar-refractivity contribution in [1.29, 1.82) is 0 Å². The van der Waals surface area contributed by atoms with Crippen molar-refractivity contribution in [3.05, 3.63) is 22.3 Å². The molecule has 3 aliphatic rings. The second-order valence-electron chi connectivity index (χ2n) is 8.91. The number of amides is 2. The van der Waals surface area contributed by atoms with Crippen LogP contribution in [0, 0.1) is 5.92 Å². The number of carbonyl (C=O) groups excluding carboxylic acids is 4. The van der Waals surface area contributed by atoms with Gasteiger partial charge in [0.05, 0.1) is 0 Å². The third-order valence-corrected chi connectivity index (χ3v) is 7.03. The lowest BCUT2D eigenvalue weighted by Crippen LogP contribution is -2.52. The largest absolute Gasteiger partial charge is 0.339 e. The first-order valence-electron chi connectivity index (χ1n) is 11.3. The Morgan fingerprint density at radius 2 is 1.37 bits per heavy atom. The van der Waals surface area contributed by atoms with E-state index in [4.69, 9.17) is 0 Å². The zero-order valence-electron chi connectivity index (χ0n) is 18.6. The van der Waals surface area contributed by atoms with Crippen LogP contribution in [0.3, 0.4) is 0 Å². The summed E-state index contributed by atoms with van der Waals surface area (Å²) >= 11 is 0. The molecule has 0 bridgehead atoms. The van der Waals surface area contributed by atoms with Gasteiger partial charge in [-0.15, -0.1) is 0 Å². The van der Waals surface area contributed by atoms with Crippen LogP contribution in [-0.2, 0) is 19.2 Å². The van der Waals surface area contributed by atoms with E-state index in [0.717, 1.165) is 25.7 Å². The Balaban J connectivity index is 1.45. The number of rotatable bonds is 5. The maximum atomic E-state index is 12.7. The van der Waals surface area contributed by atoms with E-state index in [1.165, 1.54) is 6.42 Å². The van der Waals surface area contributed by atoms with Crippen molar-refractivity contribution in [1.82, 2.24) is 9.80 Å². The summed E-state index contributed by atoms with van der Waals surface area (Å²) in [5.41, 5.74) is 2.12. The standard InChI is InChI=1S/C24H34N2O4/c1-16-17(2)23(29)20(18(3)22(16)28)10-7-11-21(27)25-12-14-26(15-13-25)24(30)19-8-5-4-6-9-19/h19H,4-15H2,1-3H3. The van der Waals surface area contributed by atoms with E-state index in [1.807, 2.05) is 9.80 Å². The minimum Gasteiger partial charge on any atom is -0.339 e. The Morgan fingerprint density at radius 3 is 2.00 bits per heavy atom. The van der Waals surface area contributed by atoms with Gasteiger partial charge in [-0.3, -0.25) is 19.2 Å². The summed E-state index contributed by atoms with van der Waals surface area (Å²) < 4.78 is 0. The van der Waals surface area contributed by atoms with Crippen molar-refractivity contribution < 1.29 is 19.2 Å². The molecule has 30 heavy (non-hydrogen) atoms. The Bertz CT molecular complexity index is 794. The molecule has 0 spiro atoms. The molecule has 164 valence electrons. The Kier molecular flexibility index (Phi) is 7.27. The lowest BCUT2D eigenvalue weighted by atomic mass is 9.84. The van der Waals surface area contributed by atoms with Crippen LogP contribution in [0.25, 0.3) is 0 Å². The van der Waals surface area contributed by atoms with Crippen LogP contribution in [0.1, 0.15) is 72.1 Å². The highest BCUT2D eigenvalue weighted by molar-refractivity contribution is 6.24. The molecule has 0 radical (unpaired) electrons. The number of allylic oxidation sites excluding steroid dienone is 4. The van der Waals surface area contributed by atoms with Crippen LogP contribution < -0.4 is 0 Å². The van der Waals surface area contributed by atoms with Crippen LogP contribution in [0.5, 0.6) is 0 Å². The molecule has 3 rings (SSSR count). The molecule has 0 aromatic carbocycles. The van der Waals surface area contributed by atoms with Crippen molar-refractivity contribution in [2.75, 3.05) is 26.2 Å². The first kappa shape index (κ1) is 22.4. The summed E-state index contributed by atoms with van der Waals surface area (Å²) in [5, 5.41) is 0. The summed E-state index contributed by atoms with van der Waals surface area (Å²) in [4.78, 5) is 53.8. The van der Waals surface area contributed by atoms with Crippen molar-refractivity contribution in [2.24, 2.45) is 5.92 Å². The zero-order valence-corrected chi connectivity index (χ0v) is 18.6. The van der Waals surface area contributed by atoms with E-state index in [2.05, 4.69) is 0 Å². The lowest BCUT2D eigenvalue weighted by Gasteiger charge is -2.37.